The van der Waals surface area contributed by atoms with Crippen molar-refractivity contribution >= 4 is 0 Å². The summed E-state index contributed by atoms with van der Waals surface area (Å²) in [4.78, 5) is 0. The van der Waals surface area contributed by atoms with Crippen LogP contribution in [0.5, 0.6) is 0 Å². The maximum Gasteiger partial charge on any atom is 0.119 e. The summed E-state index contributed by atoms with van der Waals surface area (Å²) in [5, 5.41) is 20.7. The maximum absolute atomic E-state index is 14.2. The van der Waals surface area contributed by atoms with Crippen LogP contribution in [0.3, 0.4) is 0 Å². The summed E-state index contributed by atoms with van der Waals surface area (Å²) in [7, 11) is 0. The summed E-state index contributed by atoms with van der Waals surface area (Å²) in [6.45, 7) is 4.30. The van der Waals surface area contributed by atoms with E-state index in [0.29, 0.717) is 24.5 Å². The molecule has 4 heteroatoms. The molecule has 4 N–H and O–H groups in total. The number of halogens is 1. The Balaban J connectivity index is 1.74. The van der Waals surface area contributed by atoms with E-state index < -0.39 is 6.10 Å². The fraction of sp³-hybridized carbons (Fsp3) is 0.684. The molecule has 0 radical (unpaired) electrons. The third-order valence-electron chi connectivity index (χ3n) is 7.55. The molecule has 7 atom stereocenters. The molecule has 4 aliphatic rings. The van der Waals surface area contributed by atoms with Crippen LogP contribution in [0.2, 0.25) is 0 Å². The summed E-state index contributed by atoms with van der Waals surface area (Å²) < 4.78 is 14.2. The first kappa shape index (κ1) is 15.3. The average Bonchev–Trinajstić information content (AvgIpc) is 2.73. The van der Waals surface area contributed by atoms with Crippen LogP contribution in [0.25, 0.3) is 0 Å². The predicted molar refractivity (Wildman–Crippen MR) is 86.8 cm³/mol. The third-order valence-corrected chi connectivity index (χ3v) is 7.55. The zero-order valence-corrected chi connectivity index (χ0v) is 13.8. The van der Waals surface area contributed by atoms with Crippen LogP contribution < -0.4 is 5.73 Å². The first-order valence-corrected chi connectivity index (χ1v) is 8.70. The van der Waals surface area contributed by atoms with Crippen LogP contribution >= 0.6 is 0 Å². The Morgan fingerprint density at radius 3 is 2.78 bits per heavy atom. The van der Waals surface area contributed by atoms with Gasteiger partial charge >= 0.3 is 0 Å². The maximum atomic E-state index is 14.2. The van der Waals surface area contributed by atoms with Crippen molar-refractivity contribution in [2.24, 2.45) is 40.2 Å². The SMILES string of the molecule is C[C@]12C=CC(O)=CC1CC(O)[C@@H]1[C@H]2CC[C@]2(C)C(N)=C(F)C[C@@H]12. The first-order valence-electron chi connectivity index (χ1n) is 8.70. The zero-order chi connectivity index (χ0) is 16.6. The standard InChI is InChI=1S/C19H26FNO2/c1-18-5-3-11(22)7-10(18)8-15(23)16-12(18)4-6-19(2)13(16)9-14(20)17(19)21/h3,5,7,10,12-13,15-16,22-23H,4,6,8-9,21H2,1-2H3/t10?,12-,13+,15?,16-,18+,19+/m1/s1. The quantitative estimate of drug-likeness (QED) is 0.639. The number of allylic oxidation sites excluding steroid dienone is 5. The highest BCUT2D eigenvalue weighted by Crippen LogP contribution is 2.65. The molecule has 2 fully saturated rings. The largest absolute Gasteiger partial charge is 0.508 e. The number of fused-ring (bicyclic) bond motifs is 5. The minimum atomic E-state index is -0.461. The van der Waals surface area contributed by atoms with Gasteiger partial charge in [-0.25, -0.2) is 4.39 Å². The van der Waals surface area contributed by atoms with Crippen LogP contribution in [0.4, 0.5) is 4.39 Å². The molecule has 4 rings (SSSR count). The highest BCUT2D eigenvalue weighted by molar-refractivity contribution is 5.31. The molecule has 2 saturated carbocycles. The van der Waals surface area contributed by atoms with Gasteiger partial charge in [-0.15, -0.1) is 0 Å². The molecule has 0 heterocycles. The normalized spacial score (nSPS) is 51.8. The molecule has 4 aliphatic carbocycles. The van der Waals surface area contributed by atoms with E-state index >= 15 is 0 Å². The van der Waals surface area contributed by atoms with Crippen LogP contribution in [-0.2, 0) is 0 Å². The smallest absolute Gasteiger partial charge is 0.119 e. The Morgan fingerprint density at radius 2 is 2.04 bits per heavy atom. The van der Waals surface area contributed by atoms with Crippen molar-refractivity contribution in [3.8, 4) is 0 Å². The van der Waals surface area contributed by atoms with E-state index in [2.05, 4.69) is 19.9 Å². The minimum absolute atomic E-state index is 0.0695. The molecule has 2 unspecified atom stereocenters. The van der Waals surface area contributed by atoms with Crippen LogP contribution in [-0.4, -0.2) is 16.3 Å². The summed E-state index contributed by atoms with van der Waals surface area (Å²) >= 11 is 0. The van der Waals surface area contributed by atoms with E-state index in [1.165, 1.54) is 0 Å². The van der Waals surface area contributed by atoms with Gasteiger partial charge in [0.2, 0.25) is 0 Å². The topological polar surface area (TPSA) is 66.5 Å². The molecule has 0 aromatic heterocycles. The number of nitrogens with two attached hydrogens (primary N) is 1. The second kappa shape index (κ2) is 4.62. The van der Waals surface area contributed by atoms with Crippen molar-refractivity contribution < 1.29 is 14.6 Å². The van der Waals surface area contributed by atoms with Gasteiger partial charge in [-0.3, -0.25) is 0 Å². The lowest BCUT2D eigenvalue weighted by atomic mass is 9.46. The van der Waals surface area contributed by atoms with Gasteiger partial charge in [0, 0.05) is 17.5 Å². The number of aliphatic hydroxyl groups excluding tert-OH is 2. The molecule has 126 valence electrons. The van der Waals surface area contributed by atoms with Crippen LogP contribution in [0.1, 0.15) is 39.5 Å². The molecule has 0 saturated heterocycles. The van der Waals surface area contributed by atoms with Gasteiger partial charge in [-0.1, -0.05) is 19.9 Å². The van der Waals surface area contributed by atoms with E-state index in [4.69, 9.17) is 5.73 Å². The number of hydrogen-bond donors (Lipinski definition) is 3. The molecule has 0 aromatic rings. The van der Waals surface area contributed by atoms with Crippen molar-refractivity contribution in [2.75, 3.05) is 0 Å². The van der Waals surface area contributed by atoms with Gasteiger partial charge in [0.15, 0.2) is 0 Å². The Labute approximate surface area is 136 Å². The van der Waals surface area contributed by atoms with Gasteiger partial charge in [-0.05, 0) is 60.5 Å². The highest BCUT2D eigenvalue weighted by Gasteiger charge is 2.61. The molecule has 0 amide bonds. The van der Waals surface area contributed by atoms with E-state index in [9.17, 15) is 14.6 Å². The lowest BCUT2D eigenvalue weighted by molar-refractivity contribution is -0.118. The molecule has 0 aromatic carbocycles. The third kappa shape index (κ3) is 1.84. The van der Waals surface area contributed by atoms with Gasteiger partial charge in [0.25, 0.3) is 0 Å². The van der Waals surface area contributed by atoms with E-state index in [0.717, 1.165) is 12.8 Å². The fourth-order valence-electron chi connectivity index (χ4n) is 6.08. The van der Waals surface area contributed by atoms with Crippen molar-refractivity contribution in [1.29, 1.82) is 0 Å². The summed E-state index contributed by atoms with van der Waals surface area (Å²) in [6, 6.07) is 0. The number of rotatable bonds is 0. The Kier molecular flexibility index (Phi) is 3.07. The lowest BCUT2D eigenvalue weighted by Crippen LogP contribution is -2.56. The molecule has 23 heavy (non-hydrogen) atoms. The highest BCUT2D eigenvalue weighted by atomic mass is 19.1. The van der Waals surface area contributed by atoms with E-state index in [1.807, 2.05) is 6.08 Å². The predicted octanol–water partition coefficient (Wildman–Crippen LogP) is 3.58. The zero-order valence-electron chi connectivity index (χ0n) is 13.8. The minimum Gasteiger partial charge on any atom is -0.508 e. The van der Waals surface area contributed by atoms with Crippen molar-refractivity contribution in [3.05, 3.63) is 35.5 Å². The van der Waals surface area contributed by atoms with Gasteiger partial charge in [0.05, 0.1) is 6.10 Å². The Morgan fingerprint density at radius 1 is 1.30 bits per heavy atom. The summed E-state index contributed by atoms with van der Waals surface area (Å²) in [5.41, 5.74) is 6.11. The fourth-order valence-corrected chi connectivity index (χ4v) is 6.08. The van der Waals surface area contributed by atoms with Crippen LogP contribution in [0, 0.1) is 34.5 Å². The van der Waals surface area contributed by atoms with Crippen molar-refractivity contribution in [1.82, 2.24) is 0 Å². The molecule has 0 spiro atoms. The monoisotopic (exact) mass is 319 g/mol. The van der Waals surface area contributed by atoms with Gasteiger partial charge < -0.3 is 15.9 Å². The molecule has 0 bridgehead atoms. The molecule has 0 aliphatic heterocycles. The van der Waals surface area contributed by atoms with Crippen molar-refractivity contribution in [3.63, 3.8) is 0 Å². The summed E-state index contributed by atoms with van der Waals surface area (Å²) in [6.07, 6.45) is 8.12. The molecular weight excluding hydrogens is 293 g/mol. The van der Waals surface area contributed by atoms with E-state index in [-0.39, 0.29) is 40.2 Å². The number of aliphatic hydroxyl groups is 2. The van der Waals surface area contributed by atoms with Crippen LogP contribution in [0.15, 0.2) is 35.5 Å². The second-order valence-corrected chi connectivity index (χ2v) is 8.47. The van der Waals surface area contributed by atoms with E-state index in [1.54, 1.807) is 6.08 Å². The first-order chi connectivity index (χ1) is 10.8. The summed E-state index contributed by atoms with van der Waals surface area (Å²) in [5.74, 6) is 0.714. The van der Waals surface area contributed by atoms with Crippen molar-refractivity contribution in [2.45, 2.75) is 45.6 Å². The average molecular weight is 319 g/mol. The Hall–Kier alpha value is -1.29. The van der Waals surface area contributed by atoms with Gasteiger partial charge in [0.1, 0.15) is 11.6 Å². The molecular formula is C19H26FNO2. The lowest BCUT2D eigenvalue weighted by Gasteiger charge is -2.59. The number of hydrogen-bond acceptors (Lipinski definition) is 3. The Bertz CT molecular complexity index is 639. The van der Waals surface area contributed by atoms with Gasteiger partial charge in [-0.2, -0.15) is 0 Å². The molecule has 3 nitrogen and oxygen atoms in total. The second-order valence-electron chi connectivity index (χ2n) is 8.47.